The number of nitriles is 1. The summed E-state index contributed by atoms with van der Waals surface area (Å²) in [7, 11) is 0. The van der Waals surface area contributed by atoms with Crippen LogP contribution in [-0.4, -0.2) is 5.78 Å². The molecule has 2 aromatic rings. The first-order valence-corrected chi connectivity index (χ1v) is 6.04. The van der Waals surface area contributed by atoms with Gasteiger partial charge in [0.1, 0.15) is 11.6 Å². The van der Waals surface area contributed by atoms with Crippen LogP contribution in [0.1, 0.15) is 28.3 Å². The summed E-state index contributed by atoms with van der Waals surface area (Å²) in [4.78, 5) is 12.4. The van der Waals surface area contributed by atoms with E-state index < -0.39 is 23.3 Å². The highest BCUT2D eigenvalue weighted by Gasteiger charge is 2.22. The molecule has 0 aliphatic rings. The maximum atomic E-state index is 13.2. The molecule has 0 spiro atoms. The Morgan fingerprint density at radius 3 is 2.25 bits per heavy atom. The molecule has 0 aliphatic heterocycles. The summed E-state index contributed by atoms with van der Waals surface area (Å²) in [6.45, 7) is 0. The van der Waals surface area contributed by atoms with Crippen LogP contribution in [0.15, 0.2) is 48.5 Å². The predicted molar refractivity (Wildman–Crippen MR) is 70.1 cm³/mol. The van der Waals surface area contributed by atoms with E-state index in [2.05, 4.69) is 0 Å². The Bertz CT molecular complexity index is 642. The molecule has 0 amide bonds. The molecular weight excluding hydrogens is 260 g/mol. The van der Waals surface area contributed by atoms with E-state index in [-0.39, 0.29) is 12.0 Å². The third-order valence-electron chi connectivity index (χ3n) is 2.96. The number of nitrogens with zero attached hydrogens (tertiary/aromatic N) is 1. The van der Waals surface area contributed by atoms with Gasteiger partial charge in [0, 0.05) is 18.1 Å². The molecule has 1 unspecified atom stereocenters. The highest BCUT2D eigenvalue weighted by molar-refractivity contribution is 6.01. The zero-order valence-electron chi connectivity index (χ0n) is 10.5. The van der Waals surface area contributed by atoms with Gasteiger partial charge in [-0.05, 0) is 17.7 Å². The van der Waals surface area contributed by atoms with Gasteiger partial charge in [0.2, 0.25) is 0 Å². The molecule has 0 aliphatic carbocycles. The molecule has 0 aromatic heterocycles. The summed E-state index contributed by atoms with van der Waals surface area (Å²) < 4.78 is 26.4. The quantitative estimate of drug-likeness (QED) is 0.792. The summed E-state index contributed by atoms with van der Waals surface area (Å²) >= 11 is 0. The standard InChI is InChI=1S/C16H11F2NO/c17-13-8-12(9-14(18)10-13)16(20)15(6-7-19)11-4-2-1-3-5-11/h1-5,8-10,15H,6H2. The van der Waals surface area contributed by atoms with Crippen LogP contribution in [0, 0.1) is 23.0 Å². The summed E-state index contributed by atoms with van der Waals surface area (Å²) in [6, 6.07) is 13.3. The number of carbonyl (C=O) groups is 1. The monoisotopic (exact) mass is 271 g/mol. The normalized spacial score (nSPS) is 11.7. The fourth-order valence-corrected chi connectivity index (χ4v) is 2.04. The van der Waals surface area contributed by atoms with Gasteiger partial charge in [0.05, 0.1) is 12.0 Å². The van der Waals surface area contributed by atoms with Gasteiger partial charge in [-0.2, -0.15) is 5.26 Å². The number of ketones is 1. The van der Waals surface area contributed by atoms with Gasteiger partial charge in [-0.15, -0.1) is 0 Å². The van der Waals surface area contributed by atoms with E-state index in [1.165, 1.54) is 0 Å². The molecule has 20 heavy (non-hydrogen) atoms. The van der Waals surface area contributed by atoms with Crippen molar-refractivity contribution in [3.63, 3.8) is 0 Å². The van der Waals surface area contributed by atoms with Crippen molar-refractivity contribution < 1.29 is 13.6 Å². The van der Waals surface area contributed by atoms with Crippen molar-refractivity contribution in [3.8, 4) is 6.07 Å². The number of Topliss-reactive ketones (excluding diaryl/α,β-unsaturated/α-hetero) is 1. The Hall–Kier alpha value is -2.54. The Morgan fingerprint density at radius 1 is 1.10 bits per heavy atom. The van der Waals surface area contributed by atoms with Crippen molar-refractivity contribution in [2.75, 3.05) is 0 Å². The van der Waals surface area contributed by atoms with E-state index in [0.29, 0.717) is 11.6 Å². The van der Waals surface area contributed by atoms with Crippen LogP contribution in [0.2, 0.25) is 0 Å². The molecule has 0 heterocycles. The number of hydrogen-bond donors (Lipinski definition) is 0. The minimum atomic E-state index is -0.808. The number of rotatable bonds is 4. The summed E-state index contributed by atoms with van der Waals surface area (Å²) in [5.74, 6) is -2.80. The molecule has 0 radical (unpaired) electrons. The lowest BCUT2D eigenvalue weighted by Crippen LogP contribution is -2.13. The fourth-order valence-electron chi connectivity index (χ4n) is 2.04. The van der Waals surface area contributed by atoms with Gasteiger partial charge >= 0.3 is 0 Å². The molecular formula is C16H11F2NO. The summed E-state index contributed by atoms with van der Waals surface area (Å²) in [6.07, 6.45) is -0.0407. The zero-order chi connectivity index (χ0) is 14.5. The molecule has 2 rings (SSSR count). The van der Waals surface area contributed by atoms with Crippen LogP contribution >= 0.6 is 0 Å². The first kappa shape index (κ1) is 13.9. The van der Waals surface area contributed by atoms with E-state index >= 15 is 0 Å². The van der Waals surface area contributed by atoms with Crippen LogP contribution in [0.25, 0.3) is 0 Å². The second-order valence-electron chi connectivity index (χ2n) is 4.35. The molecule has 1 atom stereocenters. The first-order valence-electron chi connectivity index (χ1n) is 6.04. The van der Waals surface area contributed by atoms with Crippen LogP contribution in [-0.2, 0) is 0 Å². The van der Waals surface area contributed by atoms with Crippen LogP contribution in [0.4, 0.5) is 8.78 Å². The lowest BCUT2D eigenvalue weighted by molar-refractivity contribution is 0.0959. The van der Waals surface area contributed by atoms with Gasteiger partial charge in [0.25, 0.3) is 0 Å². The average Bonchev–Trinajstić information content (AvgIpc) is 2.44. The molecule has 100 valence electrons. The maximum absolute atomic E-state index is 13.2. The van der Waals surface area contributed by atoms with Crippen LogP contribution in [0.5, 0.6) is 0 Å². The van der Waals surface area contributed by atoms with Crippen molar-refractivity contribution in [2.45, 2.75) is 12.3 Å². The lowest BCUT2D eigenvalue weighted by atomic mass is 9.88. The molecule has 0 saturated carbocycles. The van der Waals surface area contributed by atoms with Gasteiger partial charge in [-0.3, -0.25) is 4.79 Å². The van der Waals surface area contributed by atoms with Crippen LogP contribution in [0.3, 0.4) is 0 Å². The maximum Gasteiger partial charge on any atom is 0.171 e. The SMILES string of the molecule is N#CCC(C(=O)c1cc(F)cc(F)c1)c1ccccc1. The zero-order valence-corrected chi connectivity index (χ0v) is 10.5. The largest absolute Gasteiger partial charge is 0.293 e. The van der Waals surface area contributed by atoms with Gasteiger partial charge in [0.15, 0.2) is 5.78 Å². The first-order chi connectivity index (χ1) is 9.61. The van der Waals surface area contributed by atoms with E-state index in [1.807, 2.05) is 6.07 Å². The minimum Gasteiger partial charge on any atom is -0.293 e. The molecule has 0 fully saturated rings. The number of hydrogen-bond acceptors (Lipinski definition) is 2. The molecule has 0 saturated heterocycles. The summed E-state index contributed by atoms with van der Waals surface area (Å²) in [5.41, 5.74) is 0.593. The second kappa shape index (κ2) is 6.07. The van der Waals surface area contributed by atoms with E-state index in [4.69, 9.17) is 5.26 Å². The minimum absolute atomic E-state index is 0.0407. The van der Waals surface area contributed by atoms with Gasteiger partial charge < -0.3 is 0 Å². The molecule has 2 nitrogen and oxygen atoms in total. The Labute approximate surface area is 115 Å². The van der Waals surface area contributed by atoms with E-state index in [0.717, 1.165) is 12.1 Å². The molecule has 2 aromatic carbocycles. The Kier molecular flexibility index (Phi) is 4.21. The third kappa shape index (κ3) is 3.07. The van der Waals surface area contributed by atoms with E-state index in [1.54, 1.807) is 30.3 Å². The van der Waals surface area contributed by atoms with Crippen molar-refractivity contribution >= 4 is 5.78 Å². The smallest absolute Gasteiger partial charge is 0.171 e. The van der Waals surface area contributed by atoms with Gasteiger partial charge in [-0.1, -0.05) is 30.3 Å². The number of carbonyl (C=O) groups excluding carboxylic acids is 1. The fraction of sp³-hybridized carbons (Fsp3) is 0.125. The van der Waals surface area contributed by atoms with Crippen molar-refractivity contribution in [2.24, 2.45) is 0 Å². The molecule has 0 N–H and O–H groups in total. The summed E-state index contributed by atoms with van der Waals surface area (Å²) in [5, 5.41) is 8.85. The highest BCUT2D eigenvalue weighted by atomic mass is 19.1. The third-order valence-corrected chi connectivity index (χ3v) is 2.96. The highest BCUT2D eigenvalue weighted by Crippen LogP contribution is 2.24. The van der Waals surface area contributed by atoms with Gasteiger partial charge in [-0.25, -0.2) is 8.78 Å². The Balaban J connectivity index is 2.39. The number of halogens is 2. The van der Waals surface area contributed by atoms with E-state index in [9.17, 15) is 13.6 Å². The van der Waals surface area contributed by atoms with Crippen molar-refractivity contribution in [1.29, 1.82) is 5.26 Å². The number of benzene rings is 2. The topological polar surface area (TPSA) is 40.9 Å². The Morgan fingerprint density at radius 2 is 1.70 bits per heavy atom. The molecule has 4 heteroatoms. The molecule has 0 bridgehead atoms. The van der Waals surface area contributed by atoms with Crippen molar-refractivity contribution in [3.05, 3.63) is 71.3 Å². The van der Waals surface area contributed by atoms with Crippen molar-refractivity contribution in [1.82, 2.24) is 0 Å². The average molecular weight is 271 g/mol. The lowest BCUT2D eigenvalue weighted by Gasteiger charge is -2.13. The van der Waals surface area contributed by atoms with Crippen LogP contribution < -0.4 is 0 Å². The predicted octanol–water partition coefficient (Wildman–Crippen LogP) is 3.84. The second-order valence-corrected chi connectivity index (χ2v) is 4.35.